The minimum atomic E-state index is -1.01. The van der Waals surface area contributed by atoms with Gasteiger partial charge in [0.2, 0.25) is 0 Å². The molecule has 1 amide bonds. The molecule has 0 saturated carbocycles. The molecule has 0 radical (unpaired) electrons. The fraction of sp³-hybridized carbons (Fsp3) is 0.250. The van der Waals surface area contributed by atoms with Crippen LogP contribution in [-0.2, 0) is 0 Å². The smallest absolute Gasteiger partial charge is 0.257 e. The van der Waals surface area contributed by atoms with Crippen LogP contribution in [0.5, 0.6) is 0 Å². The number of H-pyrrole nitrogens is 1. The van der Waals surface area contributed by atoms with Gasteiger partial charge in [0.1, 0.15) is 11.4 Å². The number of halogens is 1. The van der Waals surface area contributed by atoms with Crippen molar-refractivity contribution in [2.75, 3.05) is 0 Å². The van der Waals surface area contributed by atoms with E-state index in [4.69, 9.17) is 0 Å². The van der Waals surface area contributed by atoms with Gasteiger partial charge in [-0.1, -0.05) is 12.1 Å². The summed E-state index contributed by atoms with van der Waals surface area (Å²) in [5, 5.41) is 12.7. The summed E-state index contributed by atoms with van der Waals surface area (Å²) in [6.07, 6.45) is 0.332. The molecule has 22 heavy (non-hydrogen) atoms. The molecule has 3 N–H and O–H groups in total. The van der Waals surface area contributed by atoms with Crippen molar-refractivity contribution in [3.05, 3.63) is 69.4 Å². The number of benzene rings is 1. The Labute approximate surface area is 126 Å². The predicted molar refractivity (Wildman–Crippen MR) is 80.1 cm³/mol. The van der Waals surface area contributed by atoms with Crippen molar-refractivity contribution in [1.82, 2.24) is 10.3 Å². The first kappa shape index (κ1) is 15.9. The van der Waals surface area contributed by atoms with Gasteiger partial charge in [-0.05, 0) is 31.5 Å². The third kappa shape index (κ3) is 3.59. The van der Waals surface area contributed by atoms with Crippen molar-refractivity contribution >= 4 is 5.91 Å². The molecule has 0 aliphatic rings. The van der Waals surface area contributed by atoms with Gasteiger partial charge in [-0.15, -0.1) is 0 Å². The molecule has 2 unspecified atom stereocenters. The summed E-state index contributed by atoms with van der Waals surface area (Å²) in [6, 6.07) is 6.05. The van der Waals surface area contributed by atoms with E-state index >= 15 is 0 Å². The molecule has 1 heterocycles. The molecule has 2 atom stereocenters. The normalized spacial score (nSPS) is 13.5. The molecule has 0 fully saturated rings. The van der Waals surface area contributed by atoms with Crippen molar-refractivity contribution in [1.29, 1.82) is 0 Å². The van der Waals surface area contributed by atoms with Gasteiger partial charge >= 0.3 is 0 Å². The molecular formula is C16H17FN2O3. The van der Waals surface area contributed by atoms with E-state index in [0.717, 1.165) is 0 Å². The maximum atomic E-state index is 12.9. The second-order valence-corrected chi connectivity index (χ2v) is 5.15. The lowest BCUT2D eigenvalue weighted by Gasteiger charge is -2.20. The summed E-state index contributed by atoms with van der Waals surface area (Å²) in [7, 11) is 0. The predicted octanol–water partition coefficient (Wildman–Crippen LogP) is 1.67. The van der Waals surface area contributed by atoms with Crippen LogP contribution >= 0.6 is 0 Å². The average molecular weight is 304 g/mol. The van der Waals surface area contributed by atoms with Gasteiger partial charge in [0.25, 0.3) is 5.91 Å². The number of aliphatic hydroxyl groups is 1. The maximum absolute atomic E-state index is 12.9. The van der Waals surface area contributed by atoms with Gasteiger partial charge < -0.3 is 15.4 Å². The standard InChI is InChI=1S/C16H17FN2O3/c1-9-7-14(20)13(8-18-9)16(22)19-10(2)15(21)11-3-5-12(17)6-4-11/h3-8,10,15,21H,1-2H3,(H,18,20)(H,19,22). The van der Waals surface area contributed by atoms with Crippen molar-refractivity contribution in [3.8, 4) is 0 Å². The Morgan fingerprint density at radius 2 is 1.95 bits per heavy atom. The average Bonchev–Trinajstić information content (AvgIpc) is 2.47. The van der Waals surface area contributed by atoms with E-state index in [-0.39, 0.29) is 5.56 Å². The second kappa shape index (κ2) is 6.53. The van der Waals surface area contributed by atoms with Crippen molar-refractivity contribution in [2.24, 2.45) is 0 Å². The van der Waals surface area contributed by atoms with Gasteiger partial charge in [0, 0.05) is 18.0 Å². The largest absolute Gasteiger partial charge is 0.386 e. The quantitative estimate of drug-likeness (QED) is 0.803. The molecule has 2 aromatic rings. The molecule has 0 aliphatic heterocycles. The number of amides is 1. The van der Waals surface area contributed by atoms with E-state index in [0.29, 0.717) is 11.3 Å². The Kier molecular flexibility index (Phi) is 4.72. The third-order valence-corrected chi connectivity index (χ3v) is 3.35. The Morgan fingerprint density at radius 1 is 1.32 bits per heavy atom. The highest BCUT2D eigenvalue weighted by Crippen LogP contribution is 2.17. The van der Waals surface area contributed by atoms with Gasteiger partial charge in [0.15, 0.2) is 5.43 Å². The fourth-order valence-electron chi connectivity index (χ4n) is 2.06. The zero-order valence-corrected chi connectivity index (χ0v) is 12.3. The summed E-state index contributed by atoms with van der Waals surface area (Å²) in [6.45, 7) is 3.32. The summed E-state index contributed by atoms with van der Waals surface area (Å²) in [4.78, 5) is 26.6. The van der Waals surface area contributed by atoms with Crippen LogP contribution in [0.15, 0.2) is 41.3 Å². The van der Waals surface area contributed by atoms with Crippen LogP contribution in [0, 0.1) is 12.7 Å². The Balaban J connectivity index is 2.10. The number of aromatic amines is 1. The van der Waals surface area contributed by atoms with Crippen molar-refractivity contribution < 1.29 is 14.3 Å². The molecule has 1 aromatic heterocycles. The van der Waals surface area contributed by atoms with E-state index in [1.807, 2.05) is 0 Å². The summed E-state index contributed by atoms with van der Waals surface area (Å²) in [5.74, 6) is -0.978. The number of hydrogen-bond donors (Lipinski definition) is 3. The monoisotopic (exact) mass is 304 g/mol. The highest BCUT2D eigenvalue weighted by molar-refractivity contribution is 5.94. The van der Waals surface area contributed by atoms with Crippen LogP contribution in [0.1, 0.15) is 34.6 Å². The molecule has 5 nitrogen and oxygen atoms in total. The topological polar surface area (TPSA) is 82.2 Å². The summed E-state index contributed by atoms with van der Waals surface area (Å²) in [5.41, 5.74) is 0.717. The zero-order valence-electron chi connectivity index (χ0n) is 12.3. The SMILES string of the molecule is Cc1cc(=O)c(C(=O)NC(C)C(O)c2ccc(F)cc2)c[nH]1. The van der Waals surface area contributed by atoms with Crippen LogP contribution in [0.25, 0.3) is 0 Å². The molecule has 1 aromatic carbocycles. The van der Waals surface area contributed by atoms with E-state index in [9.17, 15) is 19.1 Å². The summed E-state index contributed by atoms with van der Waals surface area (Å²) >= 11 is 0. The van der Waals surface area contributed by atoms with E-state index in [1.54, 1.807) is 13.8 Å². The van der Waals surface area contributed by atoms with Crippen LogP contribution < -0.4 is 10.7 Å². The number of rotatable bonds is 4. The number of nitrogens with one attached hydrogen (secondary N) is 2. The zero-order chi connectivity index (χ0) is 16.3. The fourth-order valence-corrected chi connectivity index (χ4v) is 2.06. The molecular weight excluding hydrogens is 287 g/mol. The van der Waals surface area contributed by atoms with Gasteiger partial charge in [0.05, 0.1) is 12.1 Å². The van der Waals surface area contributed by atoms with E-state index < -0.39 is 29.3 Å². The van der Waals surface area contributed by atoms with E-state index in [1.165, 1.54) is 36.5 Å². The van der Waals surface area contributed by atoms with Crippen LogP contribution in [0.4, 0.5) is 4.39 Å². The maximum Gasteiger partial charge on any atom is 0.257 e. The Bertz CT molecular complexity index is 725. The minimum absolute atomic E-state index is 0.0243. The van der Waals surface area contributed by atoms with Crippen LogP contribution in [0.3, 0.4) is 0 Å². The molecule has 2 rings (SSSR count). The highest BCUT2D eigenvalue weighted by Gasteiger charge is 2.20. The second-order valence-electron chi connectivity index (χ2n) is 5.15. The molecule has 0 aliphatic carbocycles. The van der Waals surface area contributed by atoms with Crippen molar-refractivity contribution in [2.45, 2.75) is 26.0 Å². The minimum Gasteiger partial charge on any atom is -0.386 e. The van der Waals surface area contributed by atoms with Crippen molar-refractivity contribution in [3.63, 3.8) is 0 Å². The number of aliphatic hydroxyl groups excluding tert-OH is 1. The number of aryl methyl sites for hydroxylation is 1. The molecule has 116 valence electrons. The number of carbonyl (C=O) groups is 1. The molecule has 6 heteroatoms. The number of pyridine rings is 1. The van der Waals surface area contributed by atoms with E-state index in [2.05, 4.69) is 10.3 Å². The molecule has 0 bridgehead atoms. The third-order valence-electron chi connectivity index (χ3n) is 3.35. The molecule has 0 saturated heterocycles. The van der Waals surface area contributed by atoms with Gasteiger partial charge in [-0.3, -0.25) is 9.59 Å². The first-order chi connectivity index (χ1) is 10.4. The van der Waals surface area contributed by atoms with Crippen LogP contribution in [-0.4, -0.2) is 22.0 Å². The van der Waals surface area contributed by atoms with Crippen LogP contribution in [0.2, 0.25) is 0 Å². The molecule has 0 spiro atoms. The number of aromatic nitrogens is 1. The van der Waals surface area contributed by atoms with Gasteiger partial charge in [-0.25, -0.2) is 4.39 Å². The lowest BCUT2D eigenvalue weighted by atomic mass is 10.0. The first-order valence-electron chi connectivity index (χ1n) is 6.82. The lowest BCUT2D eigenvalue weighted by molar-refractivity contribution is 0.0850. The Hall–Kier alpha value is -2.47. The van der Waals surface area contributed by atoms with Gasteiger partial charge in [-0.2, -0.15) is 0 Å². The first-order valence-corrected chi connectivity index (χ1v) is 6.82. The summed E-state index contributed by atoms with van der Waals surface area (Å²) < 4.78 is 12.9. The number of hydrogen-bond acceptors (Lipinski definition) is 3. The number of carbonyl (C=O) groups excluding carboxylic acids is 1. The highest BCUT2D eigenvalue weighted by atomic mass is 19.1. The Morgan fingerprint density at radius 3 is 2.55 bits per heavy atom. The lowest BCUT2D eigenvalue weighted by Crippen LogP contribution is -2.39.